The van der Waals surface area contributed by atoms with Crippen molar-refractivity contribution in [2.75, 3.05) is 0 Å². The van der Waals surface area contributed by atoms with Gasteiger partial charge in [-0.3, -0.25) is 4.79 Å². The first-order valence-electron chi connectivity index (χ1n) is 7.95. The third kappa shape index (κ3) is 1.65. The number of Topliss-reactive ketones (excluding diaryl/α,β-unsaturated/α-hetero) is 1. The van der Waals surface area contributed by atoms with Crippen molar-refractivity contribution in [3.05, 3.63) is 46.7 Å². The number of aliphatic hydroxyl groups excluding tert-OH is 1. The molecule has 0 saturated heterocycles. The molecular formula is C19H20O3. The lowest BCUT2D eigenvalue weighted by atomic mass is 9.63. The van der Waals surface area contributed by atoms with Gasteiger partial charge in [0.05, 0.1) is 5.57 Å². The van der Waals surface area contributed by atoms with Gasteiger partial charge in [-0.15, -0.1) is 0 Å². The smallest absolute Gasteiger partial charge is 0.171 e. The fourth-order valence-corrected chi connectivity index (χ4v) is 4.77. The zero-order chi connectivity index (χ0) is 15.6. The molecule has 0 aromatic heterocycles. The molecule has 0 radical (unpaired) electrons. The van der Waals surface area contributed by atoms with Gasteiger partial charge in [-0.1, -0.05) is 12.2 Å². The first-order valence-corrected chi connectivity index (χ1v) is 7.95. The number of aryl methyl sites for hydroxylation is 2. The van der Waals surface area contributed by atoms with E-state index in [-0.39, 0.29) is 41.0 Å². The summed E-state index contributed by atoms with van der Waals surface area (Å²) in [5, 5.41) is 20.5. The van der Waals surface area contributed by atoms with E-state index in [1.54, 1.807) is 12.1 Å². The lowest BCUT2D eigenvalue weighted by Gasteiger charge is -2.40. The summed E-state index contributed by atoms with van der Waals surface area (Å²) in [6.07, 6.45) is 6.45. The highest BCUT2D eigenvalue weighted by atomic mass is 16.3. The lowest BCUT2D eigenvalue weighted by Crippen LogP contribution is -2.38. The van der Waals surface area contributed by atoms with Gasteiger partial charge in [-0.05, 0) is 67.3 Å². The summed E-state index contributed by atoms with van der Waals surface area (Å²) in [4.78, 5) is 13.0. The quantitative estimate of drug-likeness (QED) is 0.777. The van der Waals surface area contributed by atoms with Crippen LogP contribution in [0.5, 0.6) is 5.75 Å². The van der Waals surface area contributed by atoms with Gasteiger partial charge in [0.2, 0.25) is 0 Å². The number of carbonyl (C=O) groups excluding carboxylic acids is 1. The van der Waals surface area contributed by atoms with Gasteiger partial charge in [0, 0.05) is 11.8 Å². The van der Waals surface area contributed by atoms with Crippen LogP contribution in [0.1, 0.15) is 29.5 Å². The van der Waals surface area contributed by atoms with Crippen LogP contribution >= 0.6 is 0 Å². The van der Waals surface area contributed by atoms with E-state index >= 15 is 0 Å². The standard InChI is InChI=1S/C19H20O3/c1-9-7-13(20)8-10(2)14(9)17-18(21)15-11-3-4-12(6-5-11)16(15)19(17)22/h3-4,7-8,11-12,15-16,20-21H,5-6H2,1-2H3. The van der Waals surface area contributed by atoms with E-state index in [2.05, 4.69) is 12.2 Å². The summed E-state index contributed by atoms with van der Waals surface area (Å²) in [5.74, 6) is 0.965. The van der Waals surface area contributed by atoms with Crippen LogP contribution < -0.4 is 0 Å². The molecule has 0 heterocycles. The molecule has 1 aromatic carbocycles. The summed E-state index contributed by atoms with van der Waals surface area (Å²) in [5.41, 5.74) is 2.97. The summed E-state index contributed by atoms with van der Waals surface area (Å²) < 4.78 is 0. The normalized spacial score (nSPS) is 32.7. The van der Waals surface area contributed by atoms with Gasteiger partial charge in [0.1, 0.15) is 11.5 Å². The van der Waals surface area contributed by atoms with Crippen LogP contribution in [0.3, 0.4) is 0 Å². The molecule has 3 nitrogen and oxygen atoms in total. The van der Waals surface area contributed by atoms with Crippen molar-refractivity contribution in [2.24, 2.45) is 23.7 Å². The number of allylic oxidation sites excluding steroid dienone is 4. The number of carbonyl (C=O) groups is 1. The van der Waals surface area contributed by atoms with E-state index in [0.29, 0.717) is 5.57 Å². The van der Waals surface area contributed by atoms with E-state index in [9.17, 15) is 15.0 Å². The van der Waals surface area contributed by atoms with E-state index in [4.69, 9.17) is 0 Å². The topological polar surface area (TPSA) is 57.5 Å². The van der Waals surface area contributed by atoms with Crippen LogP contribution in [0, 0.1) is 37.5 Å². The second-order valence-electron chi connectivity index (χ2n) is 6.92. The molecule has 5 rings (SSSR count). The van der Waals surface area contributed by atoms with Crippen LogP contribution in [0.2, 0.25) is 0 Å². The van der Waals surface area contributed by atoms with Crippen molar-refractivity contribution in [3.8, 4) is 5.75 Å². The highest BCUT2D eigenvalue weighted by Crippen LogP contribution is 2.54. The first-order chi connectivity index (χ1) is 10.5. The van der Waals surface area contributed by atoms with Crippen molar-refractivity contribution in [1.29, 1.82) is 0 Å². The van der Waals surface area contributed by atoms with Crippen molar-refractivity contribution < 1.29 is 15.0 Å². The van der Waals surface area contributed by atoms with Crippen LogP contribution in [0.25, 0.3) is 5.57 Å². The predicted octanol–water partition coefficient (Wildman–Crippen LogP) is 3.69. The minimum absolute atomic E-state index is 0.0427. The van der Waals surface area contributed by atoms with Gasteiger partial charge >= 0.3 is 0 Å². The van der Waals surface area contributed by atoms with E-state index in [0.717, 1.165) is 29.5 Å². The Hall–Kier alpha value is -2.03. The molecular weight excluding hydrogens is 276 g/mol. The molecule has 3 heteroatoms. The molecule has 4 aliphatic carbocycles. The summed E-state index contributed by atoms with van der Waals surface area (Å²) in [7, 11) is 0. The van der Waals surface area contributed by atoms with Crippen LogP contribution in [-0.2, 0) is 4.79 Å². The molecule has 4 unspecified atom stereocenters. The number of ketones is 1. The molecule has 0 amide bonds. The fourth-order valence-electron chi connectivity index (χ4n) is 4.77. The summed E-state index contributed by atoms with van der Waals surface area (Å²) in [6.45, 7) is 3.76. The number of rotatable bonds is 1. The van der Waals surface area contributed by atoms with Gasteiger partial charge in [-0.2, -0.15) is 0 Å². The summed E-state index contributed by atoms with van der Waals surface area (Å²) >= 11 is 0. The molecule has 1 saturated carbocycles. The number of aromatic hydroxyl groups is 1. The van der Waals surface area contributed by atoms with Gasteiger partial charge in [0.25, 0.3) is 0 Å². The SMILES string of the molecule is Cc1cc(O)cc(C)c1C1=C(O)C2C3C=CC(CC3)C2C1=O. The second kappa shape index (κ2) is 4.48. The van der Waals surface area contributed by atoms with Crippen molar-refractivity contribution >= 4 is 11.4 Å². The Morgan fingerprint density at radius 3 is 2.00 bits per heavy atom. The van der Waals surface area contributed by atoms with Crippen LogP contribution in [0.15, 0.2) is 30.0 Å². The highest BCUT2D eigenvalue weighted by Gasteiger charge is 2.53. The third-order valence-corrected chi connectivity index (χ3v) is 5.64. The largest absolute Gasteiger partial charge is 0.511 e. The molecule has 1 aromatic rings. The molecule has 2 N–H and O–H groups in total. The molecule has 0 spiro atoms. The zero-order valence-electron chi connectivity index (χ0n) is 12.8. The Morgan fingerprint density at radius 1 is 0.955 bits per heavy atom. The van der Waals surface area contributed by atoms with Crippen LogP contribution in [-0.4, -0.2) is 16.0 Å². The van der Waals surface area contributed by atoms with Gasteiger partial charge in [-0.25, -0.2) is 0 Å². The average molecular weight is 296 g/mol. The minimum atomic E-state index is -0.0913. The average Bonchev–Trinajstić information content (AvgIpc) is 2.75. The maximum absolute atomic E-state index is 13.0. The molecule has 1 fully saturated rings. The third-order valence-electron chi connectivity index (χ3n) is 5.64. The molecule has 114 valence electrons. The van der Waals surface area contributed by atoms with Crippen molar-refractivity contribution in [1.82, 2.24) is 0 Å². The maximum atomic E-state index is 13.0. The van der Waals surface area contributed by atoms with Gasteiger partial charge in [0.15, 0.2) is 5.78 Å². The number of phenols is 1. The highest BCUT2D eigenvalue weighted by molar-refractivity contribution is 6.25. The van der Waals surface area contributed by atoms with E-state index < -0.39 is 0 Å². The number of hydrogen-bond acceptors (Lipinski definition) is 3. The Balaban J connectivity index is 1.89. The fraction of sp³-hybridized carbons (Fsp3) is 0.421. The Labute approximate surface area is 130 Å². The predicted molar refractivity (Wildman–Crippen MR) is 84.5 cm³/mol. The number of hydrogen-bond donors (Lipinski definition) is 2. The monoisotopic (exact) mass is 296 g/mol. The molecule has 22 heavy (non-hydrogen) atoms. The summed E-state index contributed by atoms with van der Waals surface area (Å²) in [6, 6.07) is 3.31. The molecule has 4 atom stereocenters. The second-order valence-corrected chi connectivity index (χ2v) is 6.92. The number of phenolic OH excluding ortho intramolecular Hbond substituents is 1. The van der Waals surface area contributed by atoms with Crippen molar-refractivity contribution in [2.45, 2.75) is 26.7 Å². The molecule has 0 aliphatic heterocycles. The zero-order valence-corrected chi connectivity index (χ0v) is 12.8. The molecule has 4 aliphatic rings. The minimum Gasteiger partial charge on any atom is -0.511 e. The van der Waals surface area contributed by atoms with E-state index in [1.165, 1.54) is 0 Å². The maximum Gasteiger partial charge on any atom is 0.171 e. The van der Waals surface area contributed by atoms with Gasteiger partial charge < -0.3 is 10.2 Å². The first kappa shape index (κ1) is 13.6. The Bertz CT molecular complexity index is 718. The Morgan fingerprint density at radius 2 is 1.50 bits per heavy atom. The van der Waals surface area contributed by atoms with Crippen LogP contribution in [0.4, 0.5) is 0 Å². The molecule has 2 bridgehead atoms. The number of benzene rings is 1. The van der Waals surface area contributed by atoms with Crippen molar-refractivity contribution in [3.63, 3.8) is 0 Å². The number of fused-ring (bicyclic) bond motifs is 1. The van der Waals surface area contributed by atoms with E-state index in [1.807, 2.05) is 13.8 Å². The number of aliphatic hydroxyl groups is 1. The lowest BCUT2D eigenvalue weighted by molar-refractivity contribution is -0.120. The Kier molecular flexibility index (Phi) is 2.77.